The minimum Gasteiger partial charge on any atom is -0.486 e. The Labute approximate surface area is 87.3 Å². The van der Waals surface area contributed by atoms with Crippen LogP contribution in [0.4, 0.5) is 4.39 Å². The fraction of sp³-hybridized carbons (Fsp3) is 0.111. The normalized spacial score (nSPS) is 10.7. The van der Waals surface area contributed by atoms with Crippen LogP contribution >= 0.6 is 27.3 Å². The fourth-order valence-electron chi connectivity index (χ4n) is 1.16. The van der Waals surface area contributed by atoms with Crippen molar-refractivity contribution in [3.63, 3.8) is 0 Å². The molecule has 0 fully saturated rings. The van der Waals surface area contributed by atoms with Crippen molar-refractivity contribution in [1.29, 1.82) is 0 Å². The van der Waals surface area contributed by atoms with Gasteiger partial charge in [-0.25, -0.2) is 4.39 Å². The maximum Gasteiger partial charge on any atom is 0.189 e. The summed E-state index contributed by atoms with van der Waals surface area (Å²) in [5.74, 6) is -0.202. The third-order valence-corrected chi connectivity index (χ3v) is 3.99. The summed E-state index contributed by atoms with van der Waals surface area (Å²) in [5.41, 5.74) is 0. The fourth-order valence-corrected chi connectivity index (χ4v) is 2.94. The molecule has 0 aliphatic heterocycles. The molecule has 1 aromatic carbocycles. The number of thiophene rings is 1. The van der Waals surface area contributed by atoms with Crippen molar-refractivity contribution in [1.82, 2.24) is 0 Å². The number of hydrogen-bond acceptors (Lipinski definition) is 2. The zero-order chi connectivity index (χ0) is 9.42. The second kappa shape index (κ2) is 3.27. The molecule has 0 bridgehead atoms. The van der Waals surface area contributed by atoms with Crippen LogP contribution in [0.15, 0.2) is 22.7 Å². The molecule has 13 heavy (non-hydrogen) atoms. The Bertz CT molecular complexity index is 452. The molecule has 0 aliphatic rings. The lowest BCUT2D eigenvalue weighted by Gasteiger charge is -1.92. The first-order chi connectivity index (χ1) is 6.24. The first-order valence-corrected chi connectivity index (χ1v) is 5.25. The van der Waals surface area contributed by atoms with Crippen molar-refractivity contribution in [2.75, 3.05) is 7.11 Å². The zero-order valence-corrected chi connectivity index (χ0v) is 9.21. The van der Waals surface area contributed by atoms with Crippen LogP contribution in [0, 0.1) is 5.82 Å². The molecule has 1 nitrogen and oxygen atoms in total. The van der Waals surface area contributed by atoms with Crippen LogP contribution in [0.1, 0.15) is 0 Å². The molecule has 0 unspecified atom stereocenters. The number of rotatable bonds is 1. The van der Waals surface area contributed by atoms with E-state index in [2.05, 4.69) is 15.9 Å². The average molecular weight is 261 g/mol. The maximum absolute atomic E-state index is 13.2. The summed E-state index contributed by atoms with van der Waals surface area (Å²) in [5, 5.41) is 1.57. The number of fused-ring (bicyclic) bond motifs is 1. The van der Waals surface area contributed by atoms with E-state index in [4.69, 9.17) is 4.74 Å². The van der Waals surface area contributed by atoms with E-state index in [-0.39, 0.29) is 5.82 Å². The Balaban J connectivity index is 2.83. The van der Waals surface area contributed by atoms with Crippen LogP contribution in [0.3, 0.4) is 0 Å². The Morgan fingerprint density at radius 2 is 2.23 bits per heavy atom. The summed E-state index contributed by atoms with van der Waals surface area (Å²) in [4.78, 5) is 0. The molecule has 0 atom stereocenters. The van der Waals surface area contributed by atoms with Gasteiger partial charge in [0.15, 0.2) is 5.06 Å². The first-order valence-electron chi connectivity index (χ1n) is 3.64. The van der Waals surface area contributed by atoms with E-state index in [1.807, 2.05) is 6.07 Å². The average Bonchev–Trinajstić information content (AvgIpc) is 2.45. The molecule has 68 valence electrons. The summed E-state index contributed by atoms with van der Waals surface area (Å²) in [7, 11) is 1.58. The van der Waals surface area contributed by atoms with E-state index in [0.29, 0.717) is 9.76 Å². The quantitative estimate of drug-likeness (QED) is 0.758. The van der Waals surface area contributed by atoms with E-state index in [1.54, 1.807) is 13.2 Å². The maximum atomic E-state index is 13.2. The molecule has 2 rings (SSSR count). The minimum atomic E-state index is -0.202. The van der Waals surface area contributed by atoms with Crippen molar-refractivity contribution in [3.8, 4) is 5.06 Å². The van der Waals surface area contributed by atoms with Crippen LogP contribution in [0.25, 0.3) is 10.1 Å². The van der Waals surface area contributed by atoms with Gasteiger partial charge in [-0.05, 0) is 22.0 Å². The van der Waals surface area contributed by atoms with Gasteiger partial charge in [-0.1, -0.05) is 23.5 Å². The summed E-state index contributed by atoms with van der Waals surface area (Å²) in [6.07, 6.45) is 0. The standard InChI is InChI=1S/C9H6BrFOS/c1-12-9-7(10)5-3-2-4-6(11)8(5)13-9/h2-4H,1H3. The molecular formula is C9H6BrFOS. The zero-order valence-electron chi connectivity index (χ0n) is 6.80. The Morgan fingerprint density at radius 3 is 2.85 bits per heavy atom. The minimum absolute atomic E-state index is 0.202. The van der Waals surface area contributed by atoms with Crippen molar-refractivity contribution in [2.45, 2.75) is 0 Å². The van der Waals surface area contributed by atoms with E-state index in [9.17, 15) is 4.39 Å². The van der Waals surface area contributed by atoms with Crippen LogP contribution < -0.4 is 4.74 Å². The lowest BCUT2D eigenvalue weighted by atomic mass is 10.2. The molecule has 0 spiro atoms. The van der Waals surface area contributed by atoms with E-state index in [1.165, 1.54) is 17.4 Å². The van der Waals surface area contributed by atoms with Crippen molar-refractivity contribution < 1.29 is 9.13 Å². The van der Waals surface area contributed by atoms with Gasteiger partial charge in [-0.2, -0.15) is 0 Å². The Hall–Kier alpha value is -0.610. The van der Waals surface area contributed by atoms with Gasteiger partial charge in [0, 0.05) is 5.39 Å². The van der Waals surface area contributed by atoms with Crippen LogP contribution in [0.5, 0.6) is 5.06 Å². The second-order valence-corrected chi connectivity index (χ2v) is 4.30. The van der Waals surface area contributed by atoms with Crippen LogP contribution in [0.2, 0.25) is 0 Å². The second-order valence-electron chi connectivity index (χ2n) is 2.52. The number of ether oxygens (including phenoxy) is 1. The molecule has 0 aliphatic carbocycles. The highest BCUT2D eigenvalue weighted by Crippen LogP contribution is 2.42. The molecule has 2 aromatic rings. The highest BCUT2D eigenvalue weighted by molar-refractivity contribution is 9.10. The van der Waals surface area contributed by atoms with Crippen LogP contribution in [-0.2, 0) is 0 Å². The highest BCUT2D eigenvalue weighted by atomic mass is 79.9. The topological polar surface area (TPSA) is 9.23 Å². The Kier molecular flexibility index (Phi) is 2.26. The highest BCUT2D eigenvalue weighted by Gasteiger charge is 2.12. The van der Waals surface area contributed by atoms with Gasteiger partial charge in [0.2, 0.25) is 0 Å². The van der Waals surface area contributed by atoms with E-state index < -0.39 is 0 Å². The lowest BCUT2D eigenvalue weighted by molar-refractivity contribution is 0.425. The van der Waals surface area contributed by atoms with E-state index >= 15 is 0 Å². The molecule has 0 N–H and O–H groups in total. The molecule has 4 heteroatoms. The SMILES string of the molecule is COc1sc2c(F)cccc2c1Br. The number of methoxy groups -OCH3 is 1. The van der Waals surface area contributed by atoms with Gasteiger partial charge in [-0.15, -0.1) is 0 Å². The largest absolute Gasteiger partial charge is 0.486 e. The van der Waals surface area contributed by atoms with Gasteiger partial charge in [0.1, 0.15) is 5.82 Å². The lowest BCUT2D eigenvalue weighted by Crippen LogP contribution is -1.76. The summed E-state index contributed by atoms with van der Waals surface area (Å²) >= 11 is 4.67. The van der Waals surface area contributed by atoms with E-state index in [0.717, 1.165) is 9.86 Å². The molecule has 0 radical (unpaired) electrons. The molecular weight excluding hydrogens is 255 g/mol. The van der Waals surface area contributed by atoms with Crippen molar-refractivity contribution in [3.05, 3.63) is 28.5 Å². The Morgan fingerprint density at radius 1 is 1.46 bits per heavy atom. The molecule has 1 heterocycles. The number of benzene rings is 1. The van der Waals surface area contributed by atoms with Gasteiger partial charge in [0.05, 0.1) is 16.3 Å². The summed E-state index contributed by atoms with van der Waals surface area (Å²) in [6, 6.07) is 5.00. The van der Waals surface area contributed by atoms with Gasteiger partial charge >= 0.3 is 0 Å². The predicted octanol–water partition coefficient (Wildman–Crippen LogP) is 3.81. The number of halogens is 2. The monoisotopic (exact) mass is 260 g/mol. The molecule has 0 saturated heterocycles. The number of hydrogen-bond donors (Lipinski definition) is 0. The van der Waals surface area contributed by atoms with Gasteiger partial charge < -0.3 is 4.74 Å². The van der Waals surface area contributed by atoms with Crippen LogP contribution in [-0.4, -0.2) is 7.11 Å². The van der Waals surface area contributed by atoms with Crippen molar-refractivity contribution in [2.24, 2.45) is 0 Å². The predicted molar refractivity (Wildman–Crippen MR) is 56.0 cm³/mol. The molecule has 1 aromatic heterocycles. The molecule has 0 amide bonds. The van der Waals surface area contributed by atoms with Gasteiger partial charge in [0.25, 0.3) is 0 Å². The smallest absolute Gasteiger partial charge is 0.189 e. The molecule has 0 saturated carbocycles. The first kappa shape index (κ1) is 8.97. The van der Waals surface area contributed by atoms with Crippen molar-refractivity contribution >= 4 is 37.4 Å². The summed E-state index contributed by atoms with van der Waals surface area (Å²) < 4.78 is 19.8. The third kappa shape index (κ3) is 1.34. The van der Waals surface area contributed by atoms with Gasteiger partial charge in [-0.3, -0.25) is 0 Å². The third-order valence-electron chi connectivity index (χ3n) is 1.76. The summed E-state index contributed by atoms with van der Waals surface area (Å²) in [6.45, 7) is 0.